The first kappa shape index (κ1) is 26.3. The van der Waals surface area contributed by atoms with E-state index in [2.05, 4.69) is 51.1 Å². The van der Waals surface area contributed by atoms with Gasteiger partial charge in [0.15, 0.2) is 0 Å². The summed E-state index contributed by atoms with van der Waals surface area (Å²) < 4.78 is 30.5. The van der Waals surface area contributed by atoms with Gasteiger partial charge >= 0.3 is 0 Å². The van der Waals surface area contributed by atoms with Crippen LogP contribution in [0.4, 0.5) is 0 Å². The highest BCUT2D eigenvalue weighted by Gasteiger charge is 2.26. The monoisotopic (exact) mass is 434 g/mol. The van der Waals surface area contributed by atoms with Crippen molar-refractivity contribution in [2.75, 3.05) is 19.6 Å². The molecule has 30 heavy (non-hydrogen) atoms. The van der Waals surface area contributed by atoms with Crippen LogP contribution in [-0.4, -0.2) is 37.1 Å². The van der Waals surface area contributed by atoms with Crippen LogP contribution >= 0.6 is 0 Å². The van der Waals surface area contributed by atoms with E-state index in [1.807, 2.05) is 0 Å². The number of unbranched alkanes of at least 4 members (excludes halogenated alkanes) is 3. The molecule has 0 fully saturated rings. The first-order chi connectivity index (χ1) is 14.4. The molecule has 2 aromatic carbocycles. The van der Waals surface area contributed by atoms with E-state index >= 15 is 0 Å². The third kappa shape index (κ3) is 10.4. The van der Waals surface area contributed by atoms with Gasteiger partial charge in [0.2, 0.25) is 0 Å². The third-order valence-electron chi connectivity index (χ3n) is 5.36. The van der Waals surface area contributed by atoms with Crippen LogP contribution in [0.25, 0.3) is 0 Å². The van der Waals surface area contributed by atoms with E-state index < -0.39 is 10.1 Å². The van der Waals surface area contributed by atoms with Crippen molar-refractivity contribution in [3.8, 4) is 0 Å². The van der Waals surface area contributed by atoms with Gasteiger partial charge in [0.1, 0.15) is 6.54 Å². The van der Waals surface area contributed by atoms with Gasteiger partial charge in [-0.25, -0.2) is 0 Å². The van der Waals surface area contributed by atoms with Gasteiger partial charge in [-0.3, -0.25) is 4.55 Å². The zero-order valence-electron chi connectivity index (χ0n) is 19.0. The normalized spacial score (nSPS) is 11.6. The molecule has 0 saturated carbocycles. The number of rotatable bonds is 12. The number of benzene rings is 2. The maximum Gasteiger partial charge on any atom is 0.294 e. The summed E-state index contributed by atoms with van der Waals surface area (Å²) in [5, 5.41) is 0. The fourth-order valence-electron chi connectivity index (χ4n) is 3.62. The predicted molar refractivity (Wildman–Crippen MR) is 126 cm³/mol. The molecule has 0 aliphatic rings. The van der Waals surface area contributed by atoms with E-state index in [-0.39, 0.29) is 4.90 Å². The van der Waals surface area contributed by atoms with Crippen molar-refractivity contribution in [2.45, 2.75) is 70.7 Å². The largest absolute Gasteiger partial charge is 0.320 e. The van der Waals surface area contributed by atoms with Crippen molar-refractivity contribution in [2.24, 2.45) is 0 Å². The fraction of sp³-hybridized carbons (Fsp3) is 0.520. The number of nitrogens with zero attached hydrogens (tertiary/aromatic N) is 1. The molecule has 0 aliphatic heterocycles. The van der Waals surface area contributed by atoms with E-state index in [9.17, 15) is 8.42 Å². The summed E-state index contributed by atoms with van der Waals surface area (Å²) in [6.07, 6.45) is 8.02. The summed E-state index contributed by atoms with van der Waals surface area (Å²) in [7, 11) is -4.00. The van der Waals surface area contributed by atoms with Crippen molar-refractivity contribution in [1.82, 2.24) is 0 Å². The second-order valence-electron chi connectivity index (χ2n) is 8.00. The van der Waals surface area contributed by atoms with Gasteiger partial charge in [-0.1, -0.05) is 88.6 Å². The van der Waals surface area contributed by atoms with Crippen molar-refractivity contribution in [1.29, 1.82) is 0 Å². The molecule has 2 rings (SSSR count). The topological polar surface area (TPSA) is 54.4 Å². The predicted octanol–water partition coefficient (Wildman–Crippen LogP) is 6.34. The molecule has 0 heterocycles. The minimum absolute atomic E-state index is 0.0741. The van der Waals surface area contributed by atoms with Crippen LogP contribution in [0.3, 0.4) is 0 Å². The van der Waals surface area contributed by atoms with Crippen LogP contribution in [0.1, 0.15) is 64.9 Å². The van der Waals surface area contributed by atoms with Gasteiger partial charge in [-0.2, -0.15) is 8.42 Å². The lowest BCUT2D eigenvalue weighted by Crippen LogP contribution is -2.49. The molecule has 0 bridgehead atoms. The number of hydrogen-bond donors (Lipinski definition) is 1. The van der Waals surface area contributed by atoms with Crippen LogP contribution in [-0.2, 0) is 16.7 Å². The summed E-state index contributed by atoms with van der Waals surface area (Å²) in [6.45, 7) is 12.2. The van der Waals surface area contributed by atoms with Crippen LogP contribution in [0.5, 0.6) is 0 Å². The Bertz CT molecular complexity index is 755. The Hall–Kier alpha value is -1.69. The summed E-state index contributed by atoms with van der Waals surface area (Å²) in [6, 6.07) is 18.5. The van der Waals surface area contributed by atoms with E-state index in [1.165, 1.54) is 86.9 Å². The van der Waals surface area contributed by atoms with Crippen molar-refractivity contribution in [3.05, 3.63) is 66.2 Å². The standard InChI is InChI=1S/C19H34N.C6H6O3S/c1-4-7-15-20(16-8-5-2,17-9-6-3)18-19-13-11-10-12-14-19;7-10(8,9)6-4-2-1-3-5-6/h10-14H,4-9,15-18H2,1-3H3;1-5H,(H,7,8,9)/q+1;. The van der Waals surface area contributed by atoms with Crippen molar-refractivity contribution < 1.29 is 17.5 Å². The number of hydrogen-bond acceptors (Lipinski definition) is 2. The van der Waals surface area contributed by atoms with Gasteiger partial charge in [-0.15, -0.1) is 0 Å². The Kier molecular flexibility index (Phi) is 12.6. The van der Waals surface area contributed by atoms with E-state index in [1.54, 1.807) is 18.2 Å². The smallest absolute Gasteiger partial charge is 0.294 e. The molecule has 0 aliphatic carbocycles. The Labute approximate surface area is 184 Å². The lowest BCUT2D eigenvalue weighted by atomic mass is 10.1. The second-order valence-corrected chi connectivity index (χ2v) is 9.43. The molecule has 2 aromatic rings. The molecular formula is C25H40NO3S+. The quantitative estimate of drug-likeness (QED) is 0.313. The van der Waals surface area contributed by atoms with Gasteiger partial charge in [0.25, 0.3) is 10.1 Å². The molecule has 0 radical (unpaired) electrons. The molecule has 0 atom stereocenters. The molecule has 0 aromatic heterocycles. The van der Waals surface area contributed by atoms with Crippen LogP contribution in [0.2, 0.25) is 0 Å². The molecule has 1 N–H and O–H groups in total. The second kappa shape index (κ2) is 14.3. The molecule has 0 unspecified atom stereocenters. The van der Waals surface area contributed by atoms with Crippen LogP contribution < -0.4 is 0 Å². The van der Waals surface area contributed by atoms with Gasteiger partial charge in [0, 0.05) is 5.56 Å². The maximum atomic E-state index is 10.4. The zero-order chi connectivity index (χ0) is 22.3. The van der Waals surface area contributed by atoms with Crippen molar-refractivity contribution in [3.63, 3.8) is 0 Å². The highest BCUT2D eigenvalue weighted by Crippen LogP contribution is 2.19. The molecule has 4 nitrogen and oxygen atoms in total. The number of quaternary nitrogens is 1. The molecule has 0 amide bonds. The Balaban J connectivity index is 0.000000375. The Morgan fingerprint density at radius 3 is 1.43 bits per heavy atom. The maximum absolute atomic E-state index is 10.4. The Morgan fingerprint density at radius 2 is 1.10 bits per heavy atom. The summed E-state index contributed by atoms with van der Waals surface area (Å²) in [5.41, 5.74) is 1.51. The molecule has 0 spiro atoms. The molecular weight excluding hydrogens is 394 g/mol. The SMILES string of the molecule is CCCC[N+](CCCC)(CCCC)Cc1ccccc1.O=S(=O)(O)c1ccccc1. The lowest BCUT2D eigenvalue weighted by molar-refractivity contribution is -0.941. The highest BCUT2D eigenvalue weighted by atomic mass is 32.2. The van der Waals surface area contributed by atoms with Crippen LogP contribution in [0, 0.1) is 0 Å². The summed E-state index contributed by atoms with van der Waals surface area (Å²) in [4.78, 5) is -0.0741. The van der Waals surface area contributed by atoms with Crippen LogP contribution in [0.15, 0.2) is 65.6 Å². The van der Waals surface area contributed by atoms with E-state index in [0.717, 1.165) is 0 Å². The summed E-state index contributed by atoms with van der Waals surface area (Å²) >= 11 is 0. The zero-order valence-corrected chi connectivity index (χ0v) is 19.8. The minimum atomic E-state index is -4.00. The fourth-order valence-corrected chi connectivity index (χ4v) is 4.12. The summed E-state index contributed by atoms with van der Waals surface area (Å²) in [5.74, 6) is 0. The van der Waals surface area contributed by atoms with E-state index in [0.29, 0.717) is 0 Å². The minimum Gasteiger partial charge on any atom is -0.320 e. The molecule has 5 heteroatoms. The van der Waals surface area contributed by atoms with Gasteiger partial charge in [0.05, 0.1) is 24.5 Å². The first-order valence-electron chi connectivity index (χ1n) is 11.3. The lowest BCUT2D eigenvalue weighted by Gasteiger charge is -2.39. The molecule has 168 valence electrons. The molecule has 0 saturated heterocycles. The average Bonchev–Trinajstić information content (AvgIpc) is 2.76. The Morgan fingerprint density at radius 1 is 0.700 bits per heavy atom. The van der Waals surface area contributed by atoms with Crippen molar-refractivity contribution >= 4 is 10.1 Å². The highest BCUT2D eigenvalue weighted by molar-refractivity contribution is 7.85. The average molecular weight is 435 g/mol. The van der Waals surface area contributed by atoms with E-state index in [4.69, 9.17) is 4.55 Å². The van der Waals surface area contributed by atoms with Gasteiger partial charge < -0.3 is 4.48 Å². The first-order valence-corrected chi connectivity index (χ1v) is 12.7. The third-order valence-corrected chi connectivity index (χ3v) is 6.23. The van der Waals surface area contributed by atoms with Gasteiger partial charge in [-0.05, 0) is 31.4 Å².